The van der Waals surface area contributed by atoms with E-state index in [1.807, 2.05) is 24.3 Å². The second kappa shape index (κ2) is 4.66. The molecule has 4 nitrogen and oxygen atoms in total. The molecule has 5 heteroatoms. The SMILES string of the molecule is COc1cccc(C2CS(=O)(=O)CC2CN)c1. The molecule has 1 aliphatic heterocycles. The van der Waals surface area contributed by atoms with Crippen LogP contribution in [0.2, 0.25) is 0 Å². The largest absolute Gasteiger partial charge is 0.497 e. The van der Waals surface area contributed by atoms with Crippen molar-refractivity contribution in [1.82, 2.24) is 0 Å². The first kappa shape index (κ1) is 12.4. The van der Waals surface area contributed by atoms with Crippen molar-refractivity contribution >= 4 is 9.84 Å². The van der Waals surface area contributed by atoms with E-state index < -0.39 is 9.84 Å². The summed E-state index contributed by atoms with van der Waals surface area (Å²) in [7, 11) is -1.34. The van der Waals surface area contributed by atoms with E-state index in [2.05, 4.69) is 0 Å². The van der Waals surface area contributed by atoms with Gasteiger partial charge in [-0.05, 0) is 30.2 Å². The van der Waals surface area contributed by atoms with E-state index in [4.69, 9.17) is 10.5 Å². The van der Waals surface area contributed by atoms with Gasteiger partial charge in [0, 0.05) is 5.92 Å². The molecule has 2 N–H and O–H groups in total. The molecule has 0 aromatic heterocycles. The number of ether oxygens (including phenoxy) is 1. The molecular formula is C12H17NO3S. The van der Waals surface area contributed by atoms with Crippen LogP contribution in [0.5, 0.6) is 5.75 Å². The molecule has 0 radical (unpaired) electrons. The molecule has 0 saturated carbocycles. The lowest BCUT2D eigenvalue weighted by molar-refractivity contribution is 0.413. The standard InChI is InChI=1S/C12H17NO3S/c1-16-11-4-2-3-9(5-11)12-8-17(14,15)7-10(12)6-13/h2-5,10,12H,6-8,13H2,1H3. The zero-order valence-corrected chi connectivity index (χ0v) is 10.6. The number of hydrogen-bond donors (Lipinski definition) is 1. The van der Waals surface area contributed by atoms with Gasteiger partial charge in [0.25, 0.3) is 0 Å². The molecule has 1 fully saturated rings. The average Bonchev–Trinajstić information content (AvgIpc) is 2.65. The fourth-order valence-corrected chi connectivity index (χ4v) is 4.56. The fourth-order valence-electron chi connectivity index (χ4n) is 2.39. The molecule has 1 heterocycles. The van der Waals surface area contributed by atoms with Crippen LogP contribution in [0, 0.1) is 5.92 Å². The first-order valence-electron chi connectivity index (χ1n) is 5.60. The molecule has 0 amide bonds. The van der Waals surface area contributed by atoms with Gasteiger partial charge in [-0.2, -0.15) is 0 Å². The van der Waals surface area contributed by atoms with Crippen molar-refractivity contribution in [3.63, 3.8) is 0 Å². The number of sulfone groups is 1. The maximum Gasteiger partial charge on any atom is 0.151 e. The van der Waals surface area contributed by atoms with Crippen LogP contribution in [-0.2, 0) is 9.84 Å². The molecule has 1 saturated heterocycles. The lowest BCUT2D eigenvalue weighted by Gasteiger charge is -2.16. The zero-order valence-electron chi connectivity index (χ0n) is 9.80. The van der Waals surface area contributed by atoms with E-state index in [-0.39, 0.29) is 23.3 Å². The lowest BCUT2D eigenvalue weighted by atomic mass is 9.89. The summed E-state index contributed by atoms with van der Waals surface area (Å²) in [6.07, 6.45) is 0. The number of benzene rings is 1. The van der Waals surface area contributed by atoms with Crippen LogP contribution < -0.4 is 10.5 Å². The minimum atomic E-state index is -2.95. The van der Waals surface area contributed by atoms with Crippen molar-refractivity contribution < 1.29 is 13.2 Å². The van der Waals surface area contributed by atoms with Crippen molar-refractivity contribution in [3.05, 3.63) is 29.8 Å². The molecule has 1 aliphatic rings. The molecule has 1 aromatic rings. The average molecular weight is 255 g/mol. The van der Waals surface area contributed by atoms with E-state index in [1.165, 1.54) is 0 Å². The van der Waals surface area contributed by atoms with E-state index in [1.54, 1.807) is 7.11 Å². The van der Waals surface area contributed by atoms with Gasteiger partial charge in [-0.1, -0.05) is 12.1 Å². The predicted octanol–water partition coefficient (Wildman–Crippen LogP) is 0.782. The molecule has 1 aromatic carbocycles. The summed E-state index contributed by atoms with van der Waals surface area (Å²) in [5, 5.41) is 0. The quantitative estimate of drug-likeness (QED) is 0.866. The smallest absolute Gasteiger partial charge is 0.151 e. The number of hydrogen-bond acceptors (Lipinski definition) is 4. The van der Waals surface area contributed by atoms with Crippen molar-refractivity contribution in [2.24, 2.45) is 11.7 Å². The Morgan fingerprint density at radius 2 is 2.18 bits per heavy atom. The molecule has 0 bridgehead atoms. The Hall–Kier alpha value is -1.07. The molecule has 0 spiro atoms. The van der Waals surface area contributed by atoms with Crippen LogP contribution in [0.25, 0.3) is 0 Å². The molecular weight excluding hydrogens is 238 g/mol. The van der Waals surface area contributed by atoms with Crippen molar-refractivity contribution in [3.8, 4) is 5.75 Å². The van der Waals surface area contributed by atoms with Gasteiger partial charge < -0.3 is 10.5 Å². The van der Waals surface area contributed by atoms with Gasteiger partial charge in [-0.3, -0.25) is 0 Å². The second-order valence-electron chi connectivity index (χ2n) is 4.46. The molecule has 17 heavy (non-hydrogen) atoms. The molecule has 0 aliphatic carbocycles. The van der Waals surface area contributed by atoms with Gasteiger partial charge in [0.2, 0.25) is 0 Å². The van der Waals surface area contributed by atoms with Crippen LogP contribution in [0.1, 0.15) is 11.5 Å². The lowest BCUT2D eigenvalue weighted by Crippen LogP contribution is -2.20. The highest BCUT2D eigenvalue weighted by atomic mass is 32.2. The first-order chi connectivity index (χ1) is 8.05. The number of methoxy groups -OCH3 is 1. The molecule has 94 valence electrons. The van der Waals surface area contributed by atoms with Crippen LogP contribution in [0.3, 0.4) is 0 Å². The summed E-state index contributed by atoms with van der Waals surface area (Å²) in [6, 6.07) is 7.57. The van der Waals surface area contributed by atoms with Gasteiger partial charge in [0.15, 0.2) is 9.84 Å². The summed E-state index contributed by atoms with van der Waals surface area (Å²) < 4.78 is 28.5. The minimum Gasteiger partial charge on any atom is -0.497 e. The van der Waals surface area contributed by atoms with Crippen LogP contribution >= 0.6 is 0 Å². The summed E-state index contributed by atoms with van der Waals surface area (Å²) in [4.78, 5) is 0. The third kappa shape index (κ3) is 2.61. The minimum absolute atomic E-state index is 0.0000926. The summed E-state index contributed by atoms with van der Waals surface area (Å²) in [5.74, 6) is 1.17. The van der Waals surface area contributed by atoms with Gasteiger partial charge in [-0.25, -0.2) is 8.42 Å². The monoisotopic (exact) mass is 255 g/mol. The van der Waals surface area contributed by atoms with Crippen molar-refractivity contribution in [2.45, 2.75) is 5.92 Å². The molecule has 2 rings (SSSR count). The predicted molar refractivity (Wildman–Crippen MR) is 66.9 cm³/mol. The second-order valence-corrected chi connectivity index (χ2v) is 6.61. The zero-order chi connectivity index (χ0) is 12.5. The maximum absolute atomic E-state index is 11.7. The topological polar surface area (TPSA) is 69.4 Å². The number of nitrogens with two attached hydrogens (primary N) is 1. The number of rotatable bonds is 3. The van der Waals surface area contributed by atoms with E-state index >= 15 is 0 Å². The van der Waals surface area contributed by atoms with Crippen molar-refractivity contribution in [1.29, 1.82) is 0 Å². The molecule has 2 unspecified atom stereocenters. The maximum atomic E-state index is 11.7. The third-order valence-electron chi connectivity index (χ3n) is 3.30. The Labute approximate surface area is 102 Å². The summed E-state index contributed by atoms with van der Waals surface area (Å²) in [6.45, 7) is 0.404. The van der Waals surface area contributed by atoms with Gasteiger partial charge in [-0.15, -0.1) is 0 Å². The Morgan fingerprint density at radius 1 is 1.41 bits per heavy atom. The van der Waals surface area contributed by atoms with Crippen LogP contribution in [0.15, 0.2) is 24.3 Å². The van der Waals surface area contributed by atoms with E-state index in [9.17, 15) is 8.42 Å². The first-order valence-corrected chi connectivity index (χ1v) is 7.42. The Morgan fingerprint density at radius 3 is 2.82 bits per heavy atom. The van der Waals surface area contributed by atoms with Crippen LogP contribution in [0.4, 0.5) is 0 Å². The Bertz CT molecular complexity index is 498. The highest BCUT2D eigenvalue weighted by Gasteiger charge is 2.37. The summed E-state index contributed by atoms with van der Waals surface area (Å²) >= 11 is 0. The van der Waals surface area contributed by atoms with Crippen LogP contribution in [-0.4, -0.2) is 33.6 Å². The van der Waals surface area contributed by atoms with Gasteiger partial charge >= 0.3 is 0 Å². The summed E-state index contributed by atoms with van der Waals surface area (Å²) in [5.41, 5.74) is 6.66. The Balaban J connectivity index is 2.32. The Kier molecular flexibility index (Phi) is 3.40. The normalized spacial score (nSPS) is 26.9. The van der Waals surface area contributed by atoms with E-state index in [0.717, 1.165) is 11.3 Å². The van der Waals surface area contributed by atoms with E-state index in [0.29, 0.717) is 6.54 Å². The molecule has 2 atom stereocenters. The van der Waals surface area contributed by atoms with Crippen molar-refractivity contribution in [2.75, 3.05) is 25.2 Å². The van der Waals surface area contributed by atoms with Gasteiger partial charge in [0.1, 0.15) is 5.75 Å². The highest BCUT2D eigenvalue weighted by molar-refractivity contribution is 7.91. The van der Waals surface area contributed by atoms with Gasteiger partial charge in [0.05, 0.1) is 18.6 Å². The fraction of sp³-hybridized carbons (Fsp3) is 0.500. The highest BCUT2D eigenvalue weighted by Crippen LogP contribution is 2.34. The third-order valence-corrected chi connectivity index (χ3v) is 5.10.